The van der Waals surface area contributed by atoms with Gasteiger partial charge in [0.2, 0.25) is 0 Å². The molecule has 5 nitrogen and oxygen atoms in total. The molecular weight excluding hydrogens is 260 g/mol. The fourth-order valence-electron chi connectivity index (χ4n) is 1.61. The summed E-state index contributed by atoms with van der Waals surface area (Å²) in [5.41, 5.74) is 8.30. The van der Waals surface area contributed by atoms with Gasteiger partial charge in [-0.15, -0.1) is 0 Å². The number of aromatic nitrogens is 2. The van der Waals surface area contributed by atoms with Crippen LogP contribution in [0.15, 0.2) is 45.7 Å². The Bertz CT molecular complexity index is 628. The summed E-state index contributed by atoms with van der Waals surface area (Å²) in [5, 5.41) is 12.5. The van der Waals surface area contributed by atoms with Crippen molar-refractivity contribution in [2.45, 2.75) is 23.9 Å². The number of rotatable bonds is 3. The van der Waals surface area contributed by atoms with E-state index < -0.39 is 0 Å². The monoisotopic (exact) mass is 274 g/mol. The molecule has 0 atom stereocenters. The summed E-state index contributed by atoms with van der Waals surface area (Å²) in [6, 6.07) is 7.47. The molecule has 0 aliphatic heterocycles. The minimum Gasteiger partial charge on any atom is -0.409 e. The Morgan fingerprint density at radius 2 is 2.11 bits per heavy atom. The number of aryl methyl sites for hydroxylation is 2. The molecule has 98 valence electrons. The zero-order valence-corrected chi connectivity index (χ0v) is 11.5. The fourth-order valence-corrected chi connectivity index (χ4v) is 2.61. The van der Waals surface area contributed by atoms with Crippen LogP contribution in [0.25, 0.3) is 0 Å². The molecule has 6 heteroatoms. The Morgan fingerprint density at radius 3 is 2.79 bits per heavy atom. The van der Waals surface area contributed by atoms with Gasteiger partial charge in [-0.25, -0.2) is 9.97 Å². The van der Waals surface area contributed by atoms with E-state index in [-0.39, 0.29) is 5.84 Å². The highest BCUT2D eigenvalue weighted by molar-refractivity contribution is 7.99. The number of nitrogens with zero attached hydrogens (tertiary/aromatic N) is 3. The molecular formula is C13H14N4OS. The van der Waals surface area contributed by atoms with Gasteiger partial charge in [-0.3, -0.25) is 0 Å². The van der Waals surface area contributed by atoms with E-state index in [1.165, 1.54) is 11.8 Å². The largest absolute Gasteiger partial charge is 0.409 e. The average molecular weight is 274 g/mol. The molecule has 0 saturated carbocycles. The van der Waals surface area contributed by atoms with Crippen molar-refractivity contribution in [3.8, 4) is 0 Å². The van der Waals surface area contributed by atoms with Crippen molar-refractivity contribution in [2.75, 3.05) is 0 Å². The van der Waals surface area contributed by atoms with Crippen LogP contribution in [0.2, 0.25) is 0 Å². The topological polar surface area (TPSA) is 84.4 Å². The van der Waals surface area contributed by atoms with Crippen molar-refractivity contribution in [3.63, 3.8) is 0 Å². The first-order chi connectivity index (χ1) is 9.11. The standard InChI is InChI=1S/C13H14N4OS/c1-8-4-3-5-10(12(14)17-18)11(8)19-13-15-7-6-9(2)16-13/h3-7,18H,1-2H3,(H2,14,17). The highest BCUT2D eigenvalue weighted by Gasteiger charge is 2.12. The molecule has 0 spiro atoms. The van der Waals surface area contributed by atoms with E-state index in [0.29, 0.717) is 10.7 Å². The normalized spacial score (nSPS) is 11.6. The Kier molecular flexibility index (Phi) is 4.01. The Labute approximate surface area is 115 Å². The smallest absolute Gasteiger partial charge is 0.192 e. The number of benzene rings is 1. The second kappa shape index (κ2) is 5.71. The predicted octanol–water partition coefficient (Wildman–Crippen LogP) is 2.34. The molecule has 0 fully saturated rings. The lowest BCUT2D eigenvalue weighted by molar-refractivity contribution is 0.318. The predicted molar refractivity (Wildman–Crippen MR) is 74.6 cm³/mol. The van der Waals surface area contributed by atoms with Crippen molar-refractivity contribution in [1.82, 2.24) is 9.97 Å². The van der Waals surface area contributed by atoms with Crippen LogP contribution in [-0.2, 0) is 0 Å². The molecule has 0 aliphatic carbocycles. The number of oxime groups is 1. The van der Waals surface area contributed by atoms with E-state index in [1.807, 2.05) is 32.0 Å². The maximum atomic E-state index is 8.84. The first-order valence-corrected chi connectivity index (χ1v) is 6.48. The molecule has 3 N–H and O–H groups in total. The number of hydrogen-bond donors (Lipinski definition) is 2. The van der Waals surface area contributed by atoms with Crippen LogP contribution < -0.4 is 5.73 Å². The van der Waals surface area contributed by atoms with Gasteiger partial charge in [0.05, 0.1) is 0 Å². The molecule has 0 amide bonds. The molecule has 1 aromatic heterocycles. The fraction of sp³-hybridized carbons (Fsp3) is 0.154. The quantitative estimate of drug-likeness (QED) is 0.295. The highest BCUT2D eigenvalue weighted by Crippen LogP contribution is 2.30. The third-order valence-electron chi connectivity index (χ3n) is 2.56. The third-order valence-corrected chi connectivity index (χ3v) is 3.69. The van der Waals surface area contributed by atoms with E-state index in [0.717, 1.165) is 16.2 Å². The molecule has 1 aromatic carbocycles. The van der Waals surface area contributed by atoms with Crippen LogP contribution in [0, 0.1) is 13.8 Å². The van der Waals surface area contributed by atoms with Gasteiger partial charge in [0, 0.05) is 22.3 Å². The van der Waals surface area contributed by atoms with E-state index in [2.05, 4.69) is 15.1 Å². The molecule has 19 heavy (non-hydrogen) atoms. The first-order valence-electron chi connectivity index (χ1n) is 5.67. The number of amidine groups is 1. The molecule has 0 saturated heterocycles. The van der Waals surface area contributed by atoms with Crippen LogP contribution in [0.4, 0.5) is 0 Å². The van der Waals surface area contributed by atoms with Gasteiger partial charge in [-0.2, -0.15) is 0 Å². The summed E-state index contributed by atoms with van der Waals surface area (Å²) >= 11 is 1.40. The van der Waals surface area contributed by atoms with Crippen LogP contribution in [0.3, 0.4) is 0 Å². The lowest BCUT2D eigenvalue weighted by atomic mass is 10.1. The van der Waals surface area contributed by atoms with Gasteiger partial charge in [0.25, 0.3) is 0 Å². The highest BCUT2D eigenvalue weighted by atomic mass is 32.2. The lowest BCUT2D eigenvalue weighted by Crippen LogP contribution is -2.14. The van der Waals surface area contributed by atoms with E-state index >= 15 is 0 Å². The first kappa shape index (κ1) is 13.4. The Balaban J connectivity index is 2.44. The summed E-state index contributed by atoms with van der Waals surface area (Å²) in [6.45, 7) is 3.88. The lowest BCUT2D eigenvalue weighted by Gasteiger charge is -2.10. The summed E-state index contributed by atoms with van der Waals surface area (Å²) in [4.78, 5) is 9.45. The zero-order chi connectivity index (χ0) is 13.8. The SMILES string of the molecule is Cc1ccnc(Sc2c(C)cccc2/C(N)=N/O)n1. The average Bonchev–Trinajstić information content (AvgIpc) is 2.40. The minimum atomic E-state index is 0.0823. The van der Waals surface area contributed by atoms with Crippen LogP contribution in [-0.4, -0.2) is 21.0 Å². The van der Waals surface area contributed by atoms with Crippen molar-refractivity contribution in [2.24, 2.45) is 10.9 Å². The van der Waals surface area contributed by atoms with Gasteiger partial charge in [0.1, 0.15) is 0 Å². The second-order valence-corrected chi connectivity index (χ2v) is 5.00. The van der Waals surface area contributed by atoms with Gasteiger partial charge in [-0.1, -0.05) is 17.3 Å². The second-order valence-electron chi connectivity index (χ2n) is 4.02. The minimum absolute atomic E-state index is 0.0823. The summed E-state index contributed by atoms with van der Waals surface area (Å²) in [6.07, 6.45) is 1.71. The van der Waals surface area contributed by atoms with E-state index in [9.17, 15) is 0 Å². The molecule has 0 bridgehead atoms. The van der Waals surface area contributed by atoms with Crippen molar-refractivity contribution >= 4 is 17.6 Å². The van der Waals surface area contributed by atoms with Crippen molar-refractivity contribution in [3.05, 3.63) is 47.3 Å². The van der Waals surface area contributed by atoms with E-state index in [1.54, 1.807) is 12.3 Å². The van der Waals surface area contributed by atoms with Crippen LogP contribution in [0.1, 0.15) is 16.8 Å². The zero-order valence-electron chi connectivity index (χ0n) is 10.7. The number of hydrogen-bond acceptors (Lipinski definition) is 5. The summed E-state index contributed by atoms with van der Waals surface area (Å²) in [5.74, 6) is 0.0823. The van der Waals surface area contributed by atoms with Gasteiger partial charge in [0.15, 0.2) is 11.0 Å². The molecule has 0 radical (unpaired) electrons. The van der Waals surface area contributed by atoms with Crippen LogP contribution in [0.5, 0.6) is 0 Å². The van der Waals surface area contributed by atoms with Gasteiger partial charge < -0.3 is 10.9 Å². The van der Waals surface area contributed by atoms with Gasteiger partial charge >= 0.3 is 0 Å². The molecule has 1 heterocycles. The molecule has 0 aliphatic rings. The Morgan fingerprint density at radius 1 is 1.32 bits per heavy atom. The number of nitrogens with two attached hydrogens (primary N) is 1. The van der Waals surface area contributed by atoms with E-state index in [4.69, 9.17) is 10.9 Å². The van der Waals surface area contributed by atoms with Crippen LogP contribution >= 0.6 is 11.8 Å². The van der Waals surface area contributed by atoms with Gasteiger partial charge in [-0.05, 0) is 43.3 Å². The summed E-state index contributed by atoms with van der Waals surface area (Å²) < 4.78 is 0. The van der Waals surface area contributed by atoms with Crippen molar-refractivity contribution in [1.29, 1.82) is 0 Å². The van der Waals surface area contributed by atoms with Crippen molar-refractivity contribution < 1.29 is 5.21 Å². The molecule has 2 aromatic rings. The maximum Gasteiger partial charge on any atom is 0.192 e. The summed E-state index contributed by atoms with van der Waals surface area (Å²) in [7, 11) is 0. The molecule has 2 rings (SSSR count). The Hall–Kier alpha value is -2.08. The molecule has 0 unspecified atom stereocenters. The third kappa shape index (κ3) is 3.03. The maximum absolute atomic E-state index is 8.84.